The second-order valence-electron chi connectivity index (χ2n) is 13.1. The number of anilines is 3. The SMILES string of the molecule is c1ccc2c(c1)B1c3cccc4c3N(c3cccc-2c31)c1cc2c3ccccc3c3ccccc3c2c2c1B4c1ccccc1-2. The Morgan fingerprint density at radius 2 is 0.911 bits per heavy atom. The number of benzene rings is 8. The first kappa shape index (κ1) is 22.9. The third-order valence-corrected chi connectivity index (χ3v) is 11.2. The van der Waals surface area contributed by atoms with Gasteiger partial charge in [-0.2, -0.15) is 0 Å². The van der Waals surface area contributed by atoms with E-state index in [9.17, 15) is 0 Å². The van der Waals surface area contributed by atoms with E-state index in [0.29, 0.717) is 0 Å². The summed E-state index contributed by atoms with van der Waals surface area (Å²) < 4.78 is 0. The Balaban J connectivity index is 1.32. The van der Waals surface area contributed by atoms with Crippen molar-refractivity contribution >= 4 is 95.6 Å². The molecular formula is C42H23B2N. The van der Waals surface area contributed by atoms with Crippen LogP contribution in [0.25, 0.3) is 54.6 Å². The minimum atomic E-state index is 0.202. The van der Waals surface area contributed by atoms with Crippen molar-refractivity contribution in [3.05, 3.63) is 140 Å². The van der Waals surface area contributed by atoms with Gasteiger partial charge in [0.1, 0.15) is 0 Å². The van der Waals surface area contributed by atoms with Gasteiger partial charge in [-0.05, 0) is 88.6 Å². The average molecular weight is 563 g/mol. The molecule has 4 aliphatic rings. The molecule has 1 nitrogen and oxygen atoms in total. The molecule has 4 aliphatic heterocycles. The van der Waals surface area contributed by atoms with E-state index in [1.54, 1.807) is 0 Å². The van der Waals surface area contributed by atoms with E-state index < -0.39 is 0 Å². The van der Waals surface area contributed by atoms with Gasteiger partial charge in [-0.1, -0.05) is 138 Å². The van der Waals surface area contributed by atoms with Gasteiger partial charge in [0.25, 0.3) is 0 Å². The third kappa shape index (κ3) is 2.52. The van der Waals surface area contributed by atoms with E-state index in [1.807, 2.05) is 0 Å². The number of para-hydroxylation sites is 1. The summed E-state index contributed by atoms with van der Waals surface area (Å²) in [5.74, 6) is 0. The lowest BCUT2D eigenvalue weighted by atomic mass is 9.32. The maximum absolute atomic E-state index is 2.65. The molecule has 0 N–H and O–H groups in total. The Bertz CT molecular complexity index is 2690. The molecule has 8 aromatic rings. The largest absolute Gasteiger partial charge is 0.312 e. The van der Waals surface area contributed by atoms with Crippen LogP contribution >= 0.6 is 0 Å². The first-order chi connectivity index (χ1) is 22.4. The van der Waals surface area contributed by atoms with Crippen molar-refractivity contribution in [3.8, 4) is 22.3 Å². The first-order valence-corrected chi connectivity index (χ1v) is 16.0. The summed E-state index contributed by atoms with van der Waals surface area (Å²) >= 11 is 0. The lowest BCUT2D eigenvalue weighted by Gasteiger charge is -2.42. The monoisotopic (exact) mass is 563 g/mol. The highest BCUT2D eigenvalue weighted by Gasteiger charge is 2.49. The van der Waals surface area contributed by atoms with Gasteiger partial charge in [-0.15, -0.1) is 0 Å². The van der Waals surface area contributed by atoms with E-state index in [-0.39, 0.29) is 13.4 Å². The maximum atomic E-state index is 2.65. The minimum Gasteiger partial charge on any atom is -0.312 e. The predicted octanol–water partition coefficient (Wildman–Crippen LogP) is 6.24. The van der Waals surface area contributed by atoms with Crippen LogP contribution in [-0.4, -0.2) is 13.4 Å². The Kier molecular flexibility index (Phi) is 3.95. The van der Waals surface area contributed by atoms with Crippen LogP contribution < -0.4 is 37.7 Å². The highest BCUT2D eigenvalue weighted by molar-refractivity contribution is 7.05. The summed E-state index contributed by atoms with van der Waals surface area (Å²) in [6.45, 7) is 0.454. The van der Waals surface area contributed by atoms with Crippen LogP contribution in [-0.2, 0) is 0 Å². The van der Waals surface area contributed by atoms with Crippen molar-refractivity contribution in [1.82, 2.24) is 0 Å². The number of rotatable bonds is 0. The Labute approximate surface area is 261 Å². The topological polar surface area (TPSA) is 3.24 Å². The molecule has 0 saturated heterocycles. The zero-order valence-electron chi connectivity index (χ0n) is 24.4. The van der Waals surface area contributed by atoms with Gasteiger partial charge in [0.05, 0.1) is 0 Å². The summed E-state index contributed by atoms with van der Waals surface area (Å²) in [5, 5.41) is 8.04. The zero-order chi connectivity index (χ0) is 29.0. The van der Waals surface area contributed by atoms with Gasteiger partial charge in [-0.3, -0.25) is 0 Å². The lowest BCUT2D eigenvalue weighted by molar-refractivity contribution is 1.31. The number of nitrogens with zero attached hydrogens (tertiary/aromatic N) is 1. The quantitative estimate of drug-likeness (QED) is 0.156. The summed E-state index contributed by atoms with van der Waals surface area (Å²) in [6.07, 6.45) is 0. The van der Waals surface area contributed by atoms with Crippen molar-refractivity contribution in [1.29, 1.82) is 0 Å². The van der Waals surface area contributed by atoms with Gasteiger partial charge in [0.15, 0.2) is 0 Å². The van der Waals surface area contributed by atoms with Crippen LogP contribution in [0.3, 0.4) is 0 Å². The summed E-state index contributed by atoms with van der Waals surface area (Å²) in [5.41, 5.74) is 18.2. The van der Waals surface area contributed by atoms with Crippen molar-refractivity contribution < 1.29 is 0 Å². The fourth-order valence-electron chi connectivity index (χ4n) is 9.71. The van der Waals surface area contributed by atoms with E-state index in [4.69, 9.17) is 0 Å². The number of hydrogen-bond acceptors (Lipinski definition) is 1. The lowest BCUT2D eigenvalue weighted by Crippen LogP contribution is -2.62. The van der Waals surface area contributed by atoms with Gasteiger partial charge in [-0.25, -0.2) is 0 Å². The molecule has 8 aromatic carbocycles. The highest BCUT2D eigenvalue weighted by Crippen LogP contribution is 2.48. The molecule has 0 saturated carbocycles. The smallest absolute Gasteiger partial charge is 0.248 e. The zero-order valence-corrected chi connectivity index (χ0v) is 24.4. The Hall–Kier alpha value is -5.53. The molecule has 0 atom stereocenters. The van der Waals surface area contributed by atoms with Crippen molar-refractivity contribution in [2.75, 3.05) is 4.90 Å². The molecule has 45 heavy (non-hydrogen) atoms. The standard InChI is InChI=1S/C42H23B2N/c1-2-13-26-24(11-1)25-12-3-4-15-28(25)38-31(26)23-37-41-39(38)30-16-6-8-19-33(30)44(41)35-21-10-20-34-42(35)45(37)36-22-9-17-29-27-14-5-7-18-32(27)43(34)40(29)36/h1-23H. The fraction of sp³-hybridized carbons (Fsp3) is 0. The second kappa shape index (κ2) is 7.75. The Morgan fingerprint density at radius 1 is 0.378 bits per heavy atom. The van der Waals surface area contributed by atoms with Crippen LogP contribution in [0.5, 0.6) is 0 Å². The molecule has 0 aromatic heterocycles. The van der Waals surface area contributed by atoms with E-state index in [1.165, 1.54) is 104 Å². The summed E-state index contributed by atoms with van der Waals surface area (Å²) in [7, 11) is 0. The van der Waals surface area contributed by atoms with E-state index in [0.717, 1.165) is 0 Å². The molecule has 12 rings (SSSR count). The van der Waals surface area contributed by atoms with Crippen LogP contribution in [0.15, 0.2) is 140 Å². The fourth-order valence-corrected chi connectivity index (χ4v) is 9.71. The normalized spacial score (nSPS) is 14.1. The molecule has 0 spiro atoms. The molecule has 0 fully saturated rings. The third-order valence-electron chi connectivity index (χ3n) is 11.2. The molecule has 4 heterocycles. The van der Waals surface area contributed by atoms with Crippen LogP contribution in [0, 0.1) is 0 Å². The average Bonchev–Trinajstić information content (AvgIpc) is 3.63. The van der Waals surface area contributed by atoms with Crippen LogP contribution in [0.4, 0.5) is 17.1 Å². The predicted molar refractivity (Wildman–Crippen MR) is 194 cm³/mol. The second-order valence-corrected chi connectivity index (χ2v) is 13.1. The van der Waals surface area contributed by atoms with E-state index >= 15 is 0 Å². The summed E-state index contributed by atoms with van der Waals surface area (Å²) in [4.78, 5) is 2.65. The molecule has 0 radical (unpaired) electrons. The molecule has 0 amide bonds. The number of hydrogen-bond donors (Lipinski definition) is 0. The molecular weight excluding hydrogens is 540 g/mol. The highest BCUT2D eigenvalue weighted by atomic mass is 15.2. The van der Waals surface area contributed by atoms with Gasteiger partial charge in [0.2, 0.25) is 13.4 Å². The molecule has 0 aliphatic carbocycles. The molecule has 3 heteroatoms. The van der Waals surface area contributed by atoms with Gasteiger partial charge in [0, 0.05) is 17.1 Å². The van der Waals surface area contributed by atoms with Gasteiger partial charge >= 0.3 is 0 Å². The van der Waals surface area contributed by atoms with Gasteiger partial charge < -0.3 is 4.90 Å². The maximum Gasteiger partial charge on any atom is 0.248 e. The van der Waals surface area contributed by atoms with Crippen LogP contribution in [0.1, 0.15) is 0 Å². The van der Waals surface area contributed by atoms with Crippen molar-refractivity contribution in [3.63, 3.8) is 0 Å². The van der Waals surface area contributed by atoms with Crippen molar-refractivity contribution in [2.24, 2.45) is 0 Å². The Morgan fingerprint density at radius 3 is 1.69 bits per heavy atom. The van der Waals surface area contributed by atoms with E-state index in [2.05, 4.69) is 144 Å². The van der Waals surface area contributed by atoms with Crippen molar-refractivity contribution in [2.45, 2.75) is 0 Å². The number of fused-ring (bicyclic) bond motifs is 17. The molecule has 0 unspecified atom stereocenters. The first-order valence-electron chi connectivity index (χ1n) is 16.0. The minimum absolute atomic E-state index is 0.202. The van der Waals surface area contributed by atoms with Crippen LogP contribution in [0.2, 0.25) is 0 Å². The summed E-state index contributed by atoms with van der Waals surface area (Å²) in [6, 6.07) is 53.0. The molecule has 0 bridgehead atoms. The molecule has 202 valence electrons.